The monoisotopic (exact) mass is 289 g/mol. The summed E-state index contributed by atoms with van der Waals surface area (Å²) in [5.41, 5.74) is 0. The molecule has 0 aliphatic heterocycles. The summed E-state index contributed by atoms with van der Waals surface area (Å²) in [5.74, 6) is -3.73. The van der Waals surface area contributed by atoms with Crippen molar-refractivity contribution in [2.45, 2.75) is 26.2 Å². The molecule has 0 heterocycles. The standard InChI is InChI=1S/C7H13O8S2/c1-2-3-4-5(6(8)9)7(16(10,11)12)17(13,14)15/h5H,2-4H2,1H3,(H,8,9)(H,10,11,12)(H,13,14,15). The minimum Gasteiger partial charge on any atom is -0.481 e. The zero-order valence-electron chi connectivity index (χ0n) is 8.90. The smallest absolute Gasteiger partial charge is 0.309 e. The van der Waals surface area contributed by atoms with Gasteiger partial charge in [-0.25, -0.2) is 0 Å². The minimum absolute atomic E-state index is 0.228. The maximum absolute atomic E-state index is 10.8. The van der Waals surface area contributed by atoms with Crippen molar-refractivity contribution in [2.24, 2.45) is 5.92 Å². The summed E-state index contributed by atoms with van der Waals surface area (Å²) in [6, 6.07) is 0. The molecule has 0 aliphatic carbocycles. The maximum atomic E-state index is 10.8. The summed E-state index contributed by atoms with van der Waals surface area (Å²) < 4.78 is 58.8. The molecule has 8 nitrogen and oxygen atoms in total. The third-order valence-corrected chi connectivity index (χ3v) is 4.79. The van der Waals surface area contributed by atoms with Gasteiger partial charge in [0.15, 0.2) is 0 Å². The van der Waals surface area contributed by atoms with E-state index in [9.17, 15) is 21.6 Å². The fourth-order valence-corrected chi connectivity index (χ4v) is 3.46. The number of hydrogen-bond donors (Lipinski definition) is 3. The van der Waals surface area contributed by atoms with Crippen LogP contribution in [0.1, 0.15) is 26.2 Å². The van der Waals surface area contributed by atoms with Crippen molar-refractivity contribution < 1.29 is 35.8 Å². The van der Waals surface area contributed by atoms with Gasteiger partial charge in [-0.2, -0.15) is 16.8 Å². The Morgan fingerprint density at radius 3 is 1.76 bits per heavy atom. The van der Waals surface area contributed by atoms with Gasteiger partial charge in [0, 0.05) is 0 Å². The highest BCUT2D eigenvalue weighted by Crippen LogP contribution is 2.30. The van der Waals surface area contributed by atoms with Crippen LogP contribution in [0.5, 0.6) is 0 Å². The predicted octanol–water partition coefficient (Wildman–Crippen LogP) is 0.142. The van der Waals surface area contributed by atoms with E-state index in [4.69, 9.17) is 14.2 Å². The fourth-order valence-electron chi connectivity index (χ4n) is 1.24. The molecule has 0 saturated heterocycles. The Balaban J connectivity index is 5.48. The van der Waals surface area contributed by atoms with Crippen LogP contribution >= 0.6 is 0 Å². The molecule has 0 aromatic heterocycles. The fraction of sp³-hybridized carbons (Fsp3) is 0.714. The van der Waals surface area contributed by atoms with E-state index >= 15 is 0 Å². The van der Waals surface area contributed by atoms with Gasteiger partial charge in [-0.15, -0.1) is 0 Å². The predicted molar refractivity (Wildman–Crippen MR) is 57.0 cm³/mol. The van der Waals surface area contributed by atoms with Gasteiger partial charge in [-0.3, -0.25) is 13.9 Å². The second-order valence-electron chi connectivity index (χ2n) is 3.30. The third kappa shape index (κ3) is 4.98. The number of rotatable bonds is 7. The SMILES string of the molecule is CCCCC([C](S(=O)(=O)O)S(=O)(=O)O)C(=O)O. The molecule has 1 radical (unpaired) electrons. The lowest BCUT2D eigenvalue weighted by atomic mass is 10.0. The Morgan fingerprint density at radius 2 is 1.53 bits per heavy atom. The molecule has 1 unspecified atom stereocenters. The van der Waals surface area contributed by atoms with E-state index in [0.717, 1.165) is 0 Å². The lowest BCUT2D eigenvalue weighted by Crippen LogP contribution is -2.33. The van der Waals surface area contributed by atoms with Crippen molar-refractivity contribution in [3.63, 3.8) is 0 Å². The number of carboxylic acids is 1. The first-order valence-electron chi connectivity index (χ1n) is 4.56. The Hall–Kier alpha value is -0.710. The van der Waals surface area contributed by atoms with Gasteiger partial charge >= 0.3 is 5.97 Å². The van der Waals surface area contributed by atoms with Crippen molar-refractivity contribution in [1.29, 1.82) is 0 Å². The Kier molecular flexibility index (Phi) is 5.52. The second-order valence-corrected chi connectivity index (χ2v) is 6.34. The number of carbonyl (C=O) groups is 1. The van der Waals surface area contributed by atoms with E-state index in [0.29, 0.717) is 6.42 Å². The molecule has 0 bridgehead atoms. The molecule has 1 atom stereocenters. The summed E-state index contributed by atoms with van der Waals surface area (Å²) in [6.07, 6.45) is 0.403. The van der Waals surface area contributed by atoms with Gasteiger partial charge in [-0.1, -0.05) is 19.8 Å². The topological polar surface area (TPSA) is 146 Å². The van der Waals surface area contributed by atoms with Crippen molar-refractivity contribution >= 4 is 26.2 Å². The van der Waals surface area contributed by atoms with Crippen LogP contribution in [0.2, 0.25) is 0 Å². The molecule has 0 aliphatic rings. The highest BCUT2D eigenvalue weighted by atomic mass is 32.3. The van der Waals surface area contributed by atoms with Gasteiger partial charge in [0.2, 0.25) is 0 Å². The second kappa shape index (κ2) is 5.76. The molecule has 0 aromatic carbocycles. The lowest BCUT2D eigenvalue weighted by molar-refractivity contribution is -0.140. The molecule has 10 heteroatoms. The van der Waals surface area contributed by atoms with Crippen LogP contribution in [0.15, 0.2) is 0 Å². The van der Waals surface area contributed by atoms with Crippen LogP contribution in [0, 0.1) is 10.5 Å². The summed E-state index contributed by atoms with van der Waals surface area (Å²) in [4.78, 5) is 10.8. The van der Waals surface area contributed by atoms with Gasteiger partial charge in [0.05, 0.1) is 5.92 Å². The summed E-state index contributed by atoms with van der Waals surface area (Å²) >= 11 is 0. The van der Waals surface area contributed by atoms with Crippen molar-refractivity contribution in [3.8, 4) is 0 Å². The molecule has 0 spiro atoms. The van der Waals surface area contributed by atoms with Crippen LogP contribution < -0.4 is 0 Å². The molecule has 0 amide bonds. The molecule has 0 aromatic rings. The van der Waals surface area contributed by atoms with E-state index in [1.165, 1.54) is 0 Å². The van der Waals surface area contributed by atoms with Crippen molar-refractivity contribution in [2.75, 3.05) is 0 Å². The highest BCUT2D eigenvalue weighted by Gasteiger charge is 2.47. The molecular weight excluding hydrogens is 276 g/mol. The molecule has 17 heavy (non-hydrogen) atoms. The maximum Gasteiger partial charge on any atom is 0.309 e. The first kappa shape index (κ1) is 16.3. The summed E-state index contributed by atoms with van der Waals surface area (Å²) in [5, 5.41) is 8.73. The normalized spacial score (nSPS) is 14.8. The molecule has 0 saturated carbocycles. The van der Waals surface area contributed by atoms with E-state index in [-0.39, 0.29) is 12.8 Å². The first-order valence-corrected chi connectivity index (χ1v) is 7.44. The van der Waals surface area contributed by atoms with E-state index in [2.05, 4.69) is 0 Å². The van der Waals surface area contributed by atoms with Crippen LogP contribution in [-0.4, -0.2) is 37.0 Å². The number of hydrogen-bond acceptors (Lipinski definition) is 5. The zero-order valence-corrected chi connectivity index (χ0v) is 10.5. The van der Waals surface area contributed by atoms with Crippen LogP contribution in [0.3, 0.4) is 0 Å². The molecule has 0 rings (SSSR count). The summed E-state index contributed by atoms with van der Waals surface area (Å²) in [7, 11) is -10.6. The van der Waals surface area contributed by atoms with E-state index in [1.807, 2.05) is 0 Å². The lowest BCUT2D eigenvalue weighted by Gasteiger charge is -2.17. The van der Waals surface area contributed by atoms with Gasteiger partial charge in [0.25, 0.3) is 24.8 Å². The van der Waals surface area contributed by atoms with Crippen LogP contribution in [0.4, 0.5) is 0 Å². The minimum atomic E-state index is -5.30. The van der Waals surface area contributed by atoms with Crippen LogP contribution in [-0.2, 0) is 25.0 Å². The van der Waals surface area contributed by atoms with E-state index in [1.54, 1.807) is 6.92 Å². The molecule has 3 N–H and O–H groups in total. The molecule has 101 valence electrons. The van der Waals surface area contributed by atoms with Crippen LogP contribution in [0.25, 0.3) is 0 Å². The highest BCUT2D eigenvalue weighted by molar-refractivity contribution is 8.07. The number of unbranched alkanes of at least 4 members (excludes halogenated alkanes) is 1. The average molecular weight is 289 g/mol. The molecule has 0 fully saturated rings. The van der Waals surface area contributed by atoms with E-state index < -0.39 is 36.7 Å². The van der Waals surface area contributed by atoms with Gasteiger partial charge in [-0.05, 0) is 6.42 Å². The first-order chi connectivity index (χ1) is 7.51. The molecular formula is C7H13O8S2. The number of aliphatic carboxylic acids is 1. The Bertz CT molecular complexity index is 430. The van der Waals surface area contributed by atoms with Gasteiger partial charge in [0.1, 0.15) is 0 Å². The Morgan fingerprint density at radius 1 is 1.12 bits per heavy atom. The number of carboxylic acid groups (broad SMARTS) is 1. The van der Waals surface area contributed by atoms with Crippen molar-refractivity contribution in [1.82, 2.24) is 0 Å². The largest absolute Gasteiger partial charge is 0.481 e. The summed E-state index contributed by atoms with van der Waals surface area (Å²) in [6.45, 7) is 1.68. The van der Waals surface area contributed by atoms with Gasteiger partial charge < -0.3 is 5.11 Å². The quantitative estimate of drug-likeness (QED) is 0.561. The van der Waals surface area contributed by atoms with Crippen molar-refractivity contribution in [3.05, 3.63) is 4.58 Å². The Labute approximate surface area is 99.1 Å². The third-order valence-electron chi connectivity index (χ3n) is 1.94. The zero-order chi connectivity index (χ0) is 13.9. The average Bonchev–Trinajstić information content (AvgIpc) is 2.06.